The molecule has 0 spiro atoms. The lowest BCUT2D eigenvalue weighted by Crippen LogP contribution is -3.13. The van der Waals surface area contributed by atoms with Gasteiger partial charge < -0.3 is 10.1 Å². The maximum Gasteiger partial charge on any atom is 0.117 e. The first-order valence-corrected chi connectivity index (χ1v) is 10.3. The number of halogens is 1. The van der Waals surface area contributed by atoms with Gasteiger partial charge in [0.2, 0.25) is 0 Å². The third kappa shape index (κ3) is 5.13. The molecule has 1 saturated heterocycles. The van der Waals surface area contributed by atoms with Crippen LogP contribution >= 0.6 is 0 Å². The highest BCUT2D eigenvalue weighted by Crippen LogP contribution is 2.31. The van der Waals surface area contributed by atoms with Crippen molar-refractivity contribution in [1.82, 2.24) is 0 Å². The van der Waals surface area contributed by atoms with Crippen molar-refractivity contribution in [3.8, 4) is 0 Å². The number of quaternary nitrogens is 2. The van der Waals surface area contributed by atoms with E-state index in [0.717, 1.165) is 63.3 Å². The van der Waals surface area contributed by atoms with E-state index in [1.807, 2.05) is 0 Å². The Kier molecular flexibility index (Phi) is 6.90. The predicted octanol–water partition coefficient (Wildman–Crippen LogP) is 1.53. The molecule has 3 N–H and O–H groups in total. The number of hydrogen-bond donors (Lipinski definition) is 3. The van der Waals surface area contributed by atoms with Gasteiger partial charge in [0.05, 0.1) is 19.6 Å². The summed E-state index contributed by atoms with van der Waals surface area (Å²) < 4.78 is 14.0. The van der Waals surface area contributed by atoms with Crippen molar-refractivity contribution in [3.05, 3.63) is 5.21 Å². The topological polar surface area (TPSA) is 52.2 Å². The molecule has 0 bridgehead atoms. The van der Waals surface area contributed by atoms with Crippen LogP contribution in [0.3, 0.4) is 0 Å². The summed E-state index contributed by atoms with van der Waals surface area (Å²) in [4.78, 5) is 1.63. The Bertz CT molecular complexity index is 366. The summed E-state index contributed by atoms with van der Waals surface area (Å²) in [5.74, 6) is 1.89. The van der Waals surface area contributed by atoms with Crippen LogP contribution in [0.2, 0.25) is 0 Å². The van der Waals surface area contributed by atoms with Gasteiger partial charge in [-0.25, -0.2) is 14.8 Å². The molecular formula is C19H36FN2O2+. The molecule has 4 nitrogen and oxygen atoms in total. The average Bonchev–Trinajstić information content (AvgIpc) is 2.59. The lowest BCUT2D eigenvalue weighted by molar-refractivity contribution is -1.07. The minimum Gasteiger partial charge on any atom is -0.600 e. The second-order valence-electron chi connectivity index (χ2n) is 8.75. The number of alkyl halides is 1. The standard InChI is InChI=1S/C19H35FN2O2/c20-19-4-2-1-3-17(19)14-21-11-9-16(10-12-21)13-15-5-7-18(8-6-15)22(23)24/h15-19,22-23H,1-14H2/p+1. The van der Waals surface area contributed by atoms with Crippen molar-refractivity contribution < 1.29 is 19.7 Å². The quantitative estimate of drug-likeness (QED) is 0.663. The number of hydrogen-bond acceptors (Lipinski definition) is 2. The molecule has 0 aromatic rings. The van der Waals surface area contributed by atoms with E-state index in [4.69, 9.17) is 5.21 Å². The molecule has 0 amide bonds. The average molecular weight is 344 g/mol. The monoisotopic (exact) mass is 343 g/mol. The molecule has 3 unspecified atom stereocenters. The second kappa shape index (κ2) is 8.93. The molecule has 0 radical (unpaired) electrons. The van der Waals surface area contributed by atoms with Crippen LogP contribution in [0.5, 0.6) is 0 Å². The highest BCUT2D eigenvalue weighted by molar-refractivity contribution is 4.77. The molecule has 1 heterocycles. The minimum atomic E-state index is -0.598. The zero-order valence-corrected chi connectivity index (χ0v) is 15.0. The van der Waals surface area contributed by atoms with Gasteiger partial charge in [0, 0.05) is 18.8 Å². The van der Waals surface area contributed by atoms with E-state index in [1.165, 1.54) is 38.8 Å². The van der Waals surface area contributed by atoms with Gasteiger partial charge >= 0.3 is 0 Å². The SMILES string of the molecule is [O-][NH+](O)C1CCC(CC2CC[NH+](CC3CCCCC3F)CC2)CC1. The molecule has 2 saturated carbocycles. The third-order valence-electron chi connectivity index (χ3n) is 7.04. The van der Waals surface area contributed by atoms with E-state index in [0.29, 0.717) is 5.92 Å². The summed E-state index contributed by atoms with van der Waals surface area (Å²) in [7, 11) is 0. The normalized spacial score (nSPS) is 42.6. The van der Waals surface area contributed by atoms with E-state index < -0.39 is 11.4 Å². The van der Waals surface area contributed by atoms with Crippen molar-refractivity contribution in [1.29, 1.82) is 0 Å². The van der Waals surface area contributed by atoms with Gasteiger partial charge in [0.15, 0.2) is 0 Å². The van der Waals surface area contributed by atoms with Crippen LogP contribution in [0.4, 0.5) is 4.39 Å². The van der Waals surface area contributed by atoms with Gasteiger partial charge in [0.1, 0.15) is 12.2 Å². The fourth-order valence-electron chi connectivity index (χ4n) is 5.41. The van der Waals surface area contributed by atoms with Crippen LogP contribution in [0.15, 0.2) is 0 Å². The number of hydroxylamine groups is 2. The molecular weight excluding hydrogens is 307 g/mol. The zero-order chi connectivity index (χ0) is 16.9. The number of piperidine rings is 1. The van der Waals surface area contributed by atoms with Crippen LogP contribution < -0.4 is 10.1 Å². The third-order valence-corrected chi connectivity index (χ3v) is 7.04. The fraction of sp³-hybridized carbons (Fsp3) is 1.00. The Hall–Kier alpha value is -0.230. The number of likely N-dealkylation sites (tertiary alicyclic amines) is 1. The Morgan fingerprint density at radius 3 is 2.17 bits per heavy atom. The predicted molar refractivity (Wildman–Crippen MR) is 91.6 cm³/mol. The molecule has 5 heteroatoms. The van der Waals surface area contributed by atoms with Gasteiger partial charge in [-0.3, -0.25) is 0 Å². The molecule has 2 aliphatic carbocycles. The molecule has 24 heavy (non-hydrogen) atoms. The first-order valence-electron chi connectivity index (χ1n) is 10.3. The number of rotatable bonds is 5. The van der Waals surface area contributed by atoms with E-state index in [-0.39, 0.29) is 6.04 Å². The molecule has 3 fully saturated rings. The Morgan fingerprint density at radius 2 is 1.54 bits per heavy atom. The molecule has 1 aliphatic heterocycles. The summed E-state index contributed by atoms with van der Waals surface area (Å²) in [6, 6.07) is -0.0864. The zero-order valence-electron chi connectivity index (χ0n) is 15.0. The van der Waals surface area contributed by atoms with Gasteiger partial charge in [-0.2, -0.15) is 0 Å². The smallest absolute Gasteiger partial charge is 0.117 e. The molecule has 3 atom stereocenters. The molecule has 140 valence electrons. The van der Waals surface area contributed by atoms with Crippen molar-refractivity contribution in [2.75, 3.05) is 19.6 Å². The fourth-order valence-corrected chi connectivity index (χ4v) is 5.41. The Labute approximate surface area is 145 Å². The van der Waals surface area contributed by atoms with Crippen LogP contribution in [0.1, 0.15) is 70.6 Å². The maximum atomic E-state index is 14.0. The molecule has 0 aromatic heterocycles. The summed E-state index contributed by atoms with van der Waals surface area (Å²) in [6.45, 7) is 3.49. The van der Waals surface area contributed by atoms with E-state index in [1.54, 1.807) is 4.90 Å². The summed E-state index contributed by atoms with van der Waals surface area (Å²) >= 11 is 0. The summed E-state index contributed by atoms with van der Waals surface area (Å²) in [5, 5.41) is 19.5. The first-order chi connectivity index (χ1) is 11.6. The minimum absolute atomic E-state index is 0.0864. The first kappa shape index (κ1) is 18.6. The van der Waals surface area contributed by atoms with Gasteiger partial charge in [-0.1, -0.05) is 12.8 Å². The van der Waals surface area contributed by atoms with Gasteiger partial charge in [0.25, 0.3) is 0 Å². The molecule has 0 aromatic carbocycles. The highest BCUT2D eigenvalue weighted by Gasteiger charge is 2.32. The largest absolute Gasteiger partial charge is 0.600 e. The van der Waals surface area contributed by atoms with E-state index >= 15 is 0 Å². The van der Waals surface area contributed by atoms with E-state index in [9.17, 15) is 9.60 Å². The Morgan fingerprint density at radius 1 is 0.917 bits per heavy atom. The van der Waals surface area contributed by atoms with Crippen LogP contribution in [-0.4, -0.2) is 37.1 Å². The second-order valence-corrected chi connectivity index (χ2v) is 8.75. The van der Waals surface area contributed by atoms with Crippen molar-refractivity contribution in [2.24, 2.45) is 17.8 Å². The Balaban J connectivity index is 1.34. The highest BCUT2D eigenvalue weighted by atomic mass is 19.1. The van der Waals surface area contributed by atoms with E-state index in [2.05, 4.69) is 0 Å². The van der Waals surface area contributed by atoms with Crippen LogP contribution in [-0.2, 0) is 0 Å². The summed E-state index contributed by atoms with van der Waals surface area (Å²) in [6.07, 6.45) is 11.5. The molecule has 3 aliphatic rings. The van der Waals surface area contributed by atoms with Crippen LogP contribution in [0, 0.1) is 23.0 Å². The lowest BCUT2D eigenvalue weighted by atomic mass is 9.78. The van der Waals surface area contributed by atoms with Crippen molar-refractivity contribution >= 4 is 0 Å². The van der Waals surface area contributed by atoms with Crippen molar-refractivity contribution in [2.45, 2.75) is 82.8 Å². The summed E-state index contributed by atoms with van der Waals surface area (Å²) in [5.41, 5.74) is 0. The van der Waals surface area contributed by atoms with Gasteiger partial charge in [-0.05, 0) is 56.8 Å². The molecule has 3 rings (SSSR count). The van der Waals surface area contributed by atoms with Crippen molar-refractivity contribution in [3.63, 3.8) is 0 Å². The maximum absolute atomic E-state index is 14.0. The van der Waals surface area contributed by atoms with Gasteiger partial charge in [-0.15, -0.1) is 0 Å². The van der Waals surface area contributed by atoms with Crippen LogP contribution in [0.25, 0.3) is 0 Å². The lowest BCUT2D eigenvalue weighted by Gasteiger charge is -2.36. The number of nitrogens with one attached hydrogen (secondary N) is 2.